The SMILES string of the molecule is Cc1ccc(N2CCN(CC(C)C)C3(CCN(C(=O)NC(C)C)CC3)C2=O)cn1. The smallest absolute Gasteiger partial charge is 0.317 e. The summed E-state index contributed by atoms with van der Waals surface area (Å²) in [5.74, 6) is 0.633. The quantitative estimate of drug-likeness (QED) is 0.842. The maximum Gasteiger partial charge on any atom is 0.317 e. The Kier molecular flexibility index (Phi) is 6.46. The van der Waals surface area contributed by atoms with Crippen LogP contribution in [0.25, 0.3) is 0 Å². The number of nitrogens with zero attached hydrogens (tertiary/aromatic N) is 4. The summed E-state index contributed by atoms with van der Waals surface area (Å²) in [6.07, 6.45) is 3.13. The molecular weight excluding hydrogens is 366 g/mol. The van der Waals surface area contributed by atoms with Crippen LogP contribution in [0.1, 0.15) is 46.2 Å². The van der Waals surface area contributed by atoms with Gasteiger partial charge in [-0.3, -0.25) is 14.7 Å². The van der Waals surface area contributed by atoms with Crippen molar-refractivity contribution in [2.24, 2.45) is 5.92 Å². The molecule has 1 aromatic rings. The van der Waals surface area contributed by atoms with E-state index in [2.05, 4.69) is 29.0 Å². The fourth-order valence-electron chi connectivity index (χ4n) is 4.44. The Morgan fingerprint density at radius 2 is 1.83 bits per heavy atom. The maximum atomic E-state index is 13.8. The second-order valence-corrected chi connectivity index (χ2v) is 9.08. The second-order valence-electron chi connectivity index (χ2n) is 9.08. The molecule has 1 N–H and O–H groups in total. The number of rotatable bonds is 4. The van der Waals surface area contributed by atoms with Crippen LogP contribution in [0, 0.1) is 12.8 Å². The minimum atomic E-state index is -0.540. The number of pyridine rings is 1. The number of piperazine rings is 1. The molecule has 7 nitrogen and oxygen atoms in total. The molecule has 7 heteroatoms. The summed E-state index contributed by atoms with van der Waals surface area (Å²) in [4.78, 5) is 36.7. The third kappa shape index (κ3) is 4.55. The third-order valence-electron chi connectivity index (χ3n) is 5.93. The van der Waals surface area contributed by atoms with Crippen LogP contribution in [0.15, 0.2) is 18.3 Å². The first kappa shape index (κ1) is 21.6. The van der Waals surface area contributed by atoms with Crippen molar-refractivity contribution in [3.05, 3.63) is 24.0 Å². The fourth-order valence-corrected chi connectivity index (χ4v) is 4.44. The van der Waals surface area contributed by atoms with E-state index in [-0.39, 0.29) is 18.0 Å². The Morgan fingerprint density at radius 3 is 2.38 bits per heavy atom. The van der Waals surface area contributed by atoms with Gasteiger partial charge in [-0.1, -0.05) is 13.8 Å². The van der Waals surface area contributed by atoms with E-state index in [4.69, 9.17) is 0 Å². The van der Waals surface area contributed by atoms with Gasteiger partial charge in [0.1, 0.15) is 5.54 Å². The van der Waals surface area contributed by atoms with Gasteiger partial charge in [0.15, 0.2) is 0 Å². The molecule has 2 fully saturated rings. The van der Waals surface area contributed by atoms with Crippen LogP contribution < -0.4 is 10.2 Å². The van der Waals surface area contributed by atoms with Crippen molar-refractivity contribution >= 4 is 17.6 Å². The number of carbonyl (C=O) groups is 2. The lowest BCUT2D eigenvalue weighted by molar-refractivity contribution is -0.138. The molecule has 0 atom stereocenters. The van der Waals surface area contributed by atoms with Crippen LogP contribution in [0.2, 0.25) is 0 Å². The number of anilines is 1. The molecule has 3 rings (SSSR count). The Labute approximate surface area is 174 Å². The highest BCUT2D eigenvalue weighted by Gasteiger charge is 2.51. The van der Waals surface area contributed by atoms with Crippen LogP contribution in [-0.2, 0) is 4.79 Å². The van der Waals surface area contributed by atoms with E-state index in [9.17, 15) is 9.59 Å². The molecule has 160 valence electrons. The molecule has 1 aromatic heterocycles. The molecule has 29 heavy (non-hydrogen) atoms. The van der Waals surface area contributed by atoms with Gasteiger partial charge < -0.3 is 15.1 Å². The first-order chi connectivity index (χ1) is 13.7. The number of amides is 3. The molecule has 2 aliphatic heterocycles. The van der Waals surface area contributed by atoms with Gasteiger partial charge in [0.2, 0.25) is 5.91 Å². The van der Waals surface area contributed by atoms with Crippen LogP contribution in [-0.4, -0.2) is 71.0 Å². The van der Waals surface area contributed by atoms with E-state index in [0.717, 1.165) is 24.5 Å². The zero-order valence-corrected chi connectivity index (χ0v) is 18.4. The minimum Gasteiger partial charge on any atom is -0.336 e. The van der Waals surface area contributed by atoms with Crippen molar-refractivity contribution in [3.63, 3.8) is 0 Å². The molecule has 3 heterocycles. The lowest BCUT2D eigenvalue weighted by atomic mass is 9.81. The van der Waals surface area contributed by atoms with E-state index in [1.165, 1.54) is 0 Å². The molecule has 0 unspecified atom stereocenters. The molecule has 0 aromatic carbocycles. The van der Waals surface area contributed by atoms with Crippen LogP contribution in [0.5, 0.6) is 0 Å². The topological polar surface area (TPSA) is 68.8 Å². The summed E-state index contributed by atoms with van der Waals surface area (Å²) < 4.78 is 0. The van der Waals surface area contributed by atoms with Crippen molar-refractivity contribution in [2.45, 2.75) is 59.0 Å². The highest BCUT2D eigenvalue weighted by Crippen LogP contribution is 2.36. The molecular formula is C22H35N5O2. The largest absolute Gasteiger partial charge is 0.336 e. The van der Waals surface area contributed by atoms with Gasteiger partial charge in [0, 0.05) is 44.5 Å². The molecule has 2 saturated heterocycles. The third-order valence-corrected chi connectivity index (χ3v) is 5.93. The maximum absolute atomic E-state index is 13.8. The summed E-state index contributed by atoms with van der Waals surface area (Å²) in [5.41, 5.74) is 1.27. The number of aromatic nitrogens is 1. The van der Waals surface area contributed by atoms with Crippen molar-refractivity contribution in [1.29, 1.82) is 0 Å². The molecule has 0 aliphatic carbocycles. The lowest BCUT2D eigenvalue weighted by Gasteiger charge is -2.53. The summed E-state index contributed by atoms with van der Waals surface area (Å²) >= 11 is 0. The Bertz CT molecular complexity index is 723. The van der Waals surface area contributed by atoms with Crippen molar-refractivity contribution in [1.82, 2.24) is 20.1 Å². The highest BCUT2D eigenvalue weighted by atomic mass is 16.2. The molecule has 0 radical (unpaired) electrons. The predicted molar refractivity (Wildman–Crippen MR) is 115 cm³/mol. The fraction of sp³-hybridized carbons (Fsp3) is 0.682. The normalized spacial score (nSPS) is 20.0. The van der Waals surface area contributed by atoms with E-state index < -0.39 is 5.54 Å². The van der Waals surface area contributed by atoms with Gasteiger partial charge in [-0.25, -0.2) is 4.79 Å². The van der Waals surface area contributed by atoms with Gasteiger partial charge in [-0.15, -0.1) is 0 Å². The number of likely N-dealkylation sites (tertiary alicyclic amines) is 1. The number of hydrogen-bond acceptors (Lipinski definition) is 4. The van der Waals surface area contributed by atoms with E-state index >= 15 is 0 Å². The van der Waals surface area contributed by atoms with Crippen molar-refractivity contribution in [3.8, 4) is 0 Å². The van der Waals surface area contributed by atoms with Gasteiger partial charge >= 0.3 is 6.03 Å². The molecule has 2 aliphatic rings. The number of aryl methyl sites for hydroxylation is 1. The Balaban J connectivity index is 1.82. The zero-order chi connectivity index (χ0) is 21.2. The number of hydrogen-bond donors (Lipinski definition) is 1. The predicted octanol–water partition coefficient (Wildman–Crippen LogP) is 2.65. The van der Waals surface area contributed by atoms with E-state index in [1.807, 2.05) is 42.7 Å². The van der Waals surface area contributed by atoms with Gasteiger partial charge in [0.05, 0.1) is 11.9 Å². The first-order valence-electron chi connectivity index (χ1n) is 10.8. The van der Waals surface area contributed by atoms with Crippen LogP contribution in [0.4, 0.5) is 10.5 Å². The lowest BCUT2D eigenvalue weighted by Crippen LogP contribution is -2.70. The van der Waals surface area contributed by atoms with Gasteiger partial charge in [-0.05, 0) is 51.7 Å². The van der Waals surface area contributed by atoms with Crippen molar-refractivity contribution < 1.29 is 9.59 Å². The van der Waals surface area contributed by atoms with Gasteiger partial charge in [-0.2, -0.15) is 0 Å². The number of urea groups is 1. The van der Waals surface area contributed by atoms with Crippen LogP contribution >= 0.6 is 0 Å². The summed E-state index contributed by atoms with van der Waals surface area (Å²) in [6.45, 7) is 13.9. The number of nitrogens with one attached hydrogen (secondary N) is 1. The molecule has 0 bridgehead atoms. The first-order valence-corrected chi connectivity index (χ1v) is 10.8. The Morgan fingerprint density at radius 1 is 1.14 bits per heavy atom. The minimum absolute atomic E-state index is 0.0342. The van der Waals surface area contributed by atoms with E-state index in [0.29, 0.717) is 38.4 Å². The van der Waals surface area contributed by atoms with Crippen molar-refractivity contribution in [2.75, 3.05) is 37.6 Å². The van der Waals surface area contributed by atoms with E-state index in [1.54, 1.807) is 6.20 Å². The highest BCUT2D eigenvalue weighted by molar-refractivity contribution is 6.01. The Hall–Kier alpha value is -2.15. The standard InChI is InChI=1S/C22H35N5O2/c1-16(2)15-26-12-13-27(19-7-6-18(5)23-14-19)20(28)22(26)8-10-25(11-9-22)21(29)24-17(3)4/h6-7,14,16-17H,8-13,15H2,1-5H3,(H,24,29). The molecule has 1 spiro atoms. The molecule has 3 amide bonds. The number of piperidine rings is 1. The van der Waals surface area contributed by atoms with Crippen LogP contribution in [0.3, 0.4) is 0 Å². The summed E-state index contributed by atoms with van der Waals surface area (Å²) in [7, 11) is 0. The zero-order valence-electron chi connectivity index (χ0n) is 18.4. The monoisotopic (exact) mass is 401 g/mol. The average Bonchev–Trinajstić information content (AvgIpc) is 2.66. The summed E-state index contributed by atoms with van der Waals surface area (Å²) in [5, 5.41) is 2.97. The second kappa shape index (κ2) is 8.69. The molecule has 0 saturated carbocycles. The number of carbonyl (C=O) groups excluding carboxylic acids is 2. The van der Waals surface area contributed by atoms with Gasteiger partial charge in [0.25, 0.3) is 0 Å². The summed E-state index contributed by atoms with van der Waals surface area (Å²) in [6, 6.07) is 4.01. The average molecular weight is 402 g/mol.